The molecule has 0 aliphatic carbocycles. The second-order valence-electron chi connectivity index (χ2n) is 5.02. The number of rotatable bonds is 3. The molecule has 0 aliphatic rings. The molecule has 5 heteroatoms. The van der Waals surface area contributed by atoms with Gasteiger partial charge in [-0.3, -0.25) is 9.78 Å². The molecule has 1 unspecified atom stereocenters. The number of pyridine rings is 1. The van der Waals surface area contributed by atoms with Gasteiger partial charge in [0.15, 0.2) is 0 Å². The molecule has 0 saturated heterocycles. The van der Waals surface area contributed by atoms with Gasteiger partial charge in [0.05, 0.1) is 11.8 Å². The van der Waals surface area contributed by atoms with Crippen LogP contribution >= 0.6 is 0 Å². The molecule has 0 saturated carbocycles. The van der Waals surface area contributed by atoms with Crippen molar-refractivity contribution in [2.24, 2.45) is 11.1 Å². The van der Waals surface area contributed by atoms with Crippen LogP contribution in [0.25, 0.3) is 0 Å². The molecule has 0 radical (unpaired) electrons. The molecule has 1 atom stereocenters. The smallest absolute Gasteiger partial charge is 0.253 e. The van der Waals surface area contributed by atoms with Crippen LogP contribution in [0.2, 0.25) is 0 Å². The predicted molar refractivity (Wildman–Crippen MR) is 64.0 cm³/mol. The highest BCUT2D eigenvalue weighted by Gasteiger charge is 2.25. The first-order valence-electron chi connectivity index (χ1n) is 5.46. The Labute approximate surface area is 100 Å². The van der Waals surface area contributed by atoms with Gasteiger partial charge in [-0.15, -0.1) is 0 Å². The fourth-order valence-electron chi connectivity index (χ4n) is 1.41. The van der Waals surface area contributed by atoms with Crippen LogP contribution in [0.15, 0.2) is 18.5 Å². The highest BCUT2D eigenvalue weighted by Crippen LogP contribution is 2.18. The van der Waals surface area contributed by atoms with Gasteiger partial charge in [0.25, 0.3) is 5.91 Å². The van der Waals surface area contributed by atoms with Crippen LogP contribution in [0.5, 0.6) is 0 Å². The van der Waals surface area contributed by atoms with Gasteiger partial charge in [-0.25, -0.2) is 4.39 Å². The minimum absolute atomic E-state index is 0.148. The first-order valence-corrected chi connectivity index (χ1v) is 5.46. The number of amides is 1. The van der Waals surface area contributed by atoms with E-state index in [0.717, 1.165) is 12.3 Å². The molecule has 0 spiro atoms. The standard InChI is InChI=1S/C12H18FN3O/c1-12(2,3)10(5-14)16-11(17)8-4-9(13)7-15-6-8/h4,6-7,10H,5,14H2,1-3H3,(H,16,17). The monoisotopic (exact) mass is 239 g/mol. The third kappa shape index (κ3) is 3.78. The van der Waals surface area contributed by atoms with Crippen LogP contribution < -0.4 is 11.1 Å². The van der Waals surface area contributed by atoms with Crippen LogP contribution in [0, 0.1) is 11.2 Å². The second kappa shape index (κ2) is 5.23. The topological polar surface area (TPSA) is 68.0 Å². The summed E-state index contributed by atoms with van der Waals surface area (Å²) in [6.45, 7) is 6.27. The molecule has 1 amide bonds. The van der Waals surface area contributed by atoms with Crippen LogP contribution in [0.3, 0.4) is 0 Å². The van der Waals surface area contributed by atoms with E-state index in [2.05, 4.69) is 10.3 Å². The molecule has 0 bridgehead atoms. The molecule has 1 heterocycles. The fourth-order valence-corrected chi connectivity index (χ4v) is 1.41. The van der Waals surface area contributed by atoms with E-state index in [1.807, 2.05) is 20.8 Å². The van der Waals surface area contributed by atoms with Gasteiger partial charge < -0.3 is 11.1 Å². The van der Waals surface area contributed by atoms with Gasteiger partial charge in [-0.1, -0.05) is 20.8 Å². The maximum absolute atomic E-state index is 12.9. The van der Waals surface area contributed by atoms with Gasteiger partial charge >= 0.3 is 0 Å². The van der Waals surface area contributed by atoms with Crippen molar-refractivity contribution in [3.05, 3.63) is 29.8 Å². The fraction of sp³-hybridized carbons (Fsp3) is 0.500. The average molecular weight is 239 g/mol. The van der Waals surface area contributed by atoms with E-state index in [1.165, 1.54) is 6.20 Å². The molecule has 4 nitrogen and oxygen atoms in total. The van der Waals surface area contributed by atoms with Crippen molar-refractivity contribution in [2.45, 2.75) is 26.8 Å². The number of halogens is 1. The lowest BCUT2D eigenvalue weighted by atomic mass is 9.86. The highest BCUT2D eigenvalue weighted by atomic mass is 19.1. The zero-order chi connectivity index (χ0) is 13.1. The molecule has 0 fully saturated rings. The van der Waals surface area contributed by atoms with Crippen molar-refractivity contribution >= 4 is 5.91 Å². The Hall–Kier alpha value is -1.49. The van der Waals surface area contributed by atoms with E-state index in [9.17, 15) is 9.18 Å². The molecule has 94 valence electrons. The molecular formula is C12H18FN3O. The first kappa shape index (κ1) is 13.6. The summed E-state index contributed by atoms with van der Waals surface area (Å²) < 4.78 is 12.9. The molecule has 0 aromatic carbocycles. The van der Waals surface area contributed by atoms with Crippen LogP contribution in [-0.2, 0) is 0 Å². The van der Waals surface area contributed by atoms with Crippen molar-refractivity contribution in [1.29, 1.82) is 0 Å². The van der Waals surface area contributed by atoms with Crippen molar-refractivity contribution in [2.75, 3.05) is 6.54 Å². The average Bonchev–Trinajstić information content (AvgIpc) is 2.23. The summed E-state index contributed by atoms with van der Waals surface area (Å²) in [6, 6.07) is 0.983. The van der Waals surface area contributed by atoms with E-state index in [-0.39, 0.29) is 22.9 Å². The van der Waals surface area contributed by atoms with E-state index >= 15 is 0 Å². The lowest BCUT2D eigenvalue weighted by Gasteiger charge is -2.30. The summed E-state index contributed by atoms with van der Waals surface area (Å²) in [7, 11) is 0. The zero-order valence-electron chi connectivity index (χ0n) is 10.3. The van der Waals surface area contributed by atoms with Crippen LogP contribution in [0.1, 0.15) is 31.1 Å². The SMILES string of the molecule is CC(C)(C)C(CN)NC(=O)c1cncc(F)c1. The Morgan fingerprint density at radius 2 is 2.18 bits per heavy atom. The largest absolute Gasteiger partial charge is 0.347 e. The molecule has 1 aromatic heterocycles. The first-order chi connectivity index (χ1) is 7.84. The lowest BCUT2D eigenvalue weighted by molar-refractivity contribution is 0.0904. The van der Waals surface area contributed by atoms with E-state index in [4.69, 9.17) is 5.73 Å². The molecular weight excluding hydrogens is 221 g/mol. The summed E-state index contributed by atoms with van der Waals surface area (Å²) >= 11 is 0. The maximum Gasteiger partial charge on any atom is 0.253 e. The van der Waals surface area contributed by atoms with Crippen LogP contribution in [-0.4, -0.2) is 23.5 Å². The second-order valence-corrected chi connectivity index (χ2v) is 5.02. The van der Waals surface area contributed by atoms with Gasteiger partial charge in [0.1, 0.15) is 5.82 Å². The number of carbonyl (C=O) groups is 1. The third-order valence-corrected chi connectivity index (χ3v) is 2.55. The highest BCUT2D eigenvalue weighted by molar-refractivity contribution is 5.94. The summed E-state index contributed by atoms with van der Waals surface area (Å²) in [5.74, 6) is -0.889. The normalized spacial score (nSPS) is 13.2. The van der Waals surface area contributed by atoms with E-state index < -0.39 is 5.82 Å². The van der Waals surface area contributed by atoms with E-state index in [0.29, 0.717) is 6.54 Å². The predicted octanol–water partition coefficient (Wildman–Crippen LogP) is 1.32. The van der Waals surface area contributed by atoms with Gasteiger partial charge in [0, 0.05) is 18.8 Å². The van der Waals surface area contributed by atoms with Crippen molar-refractivity contribution in [1.82, 2.24) is 10.3 Å². The summed E-state index contributed by atoms with van der Waals surface area (Å²) in [5, 5.41) is 2.78. The summed E-state index contributed by atoms with van der Waals surface area (Å²) in [5.41, 5.74) is 5.66. The maximum atomic E-state index is 12.9. The summed E-state index contributed by atoms with van der Waals surface area (Å²) in [6.07, 6.45) is 2.38. The number of hydrogen-bond donors (Lipinski definition) is 2. The molecule has 1 aromatic rings. The Bertz CT molecular complexity index is 401. The number of nitrogens with two attached hydrogens (primary N) is 1. The number of carbonyl (C=O) groups excluding carboxylic acids is 1. The number of hydrogen-bond acceptors (Lipinski definition) is 3. The number of aromatic nitrogens is 1. The van der Waals surface area contributed by atoms with Gasteiger partial charge in [0.2, 0.25) is 0 Å². The minimum atomic E-state index is -0.530. The Kier molecular flexibility index (Phi) is 4.17. The van der Waals surface area contributed by atoms with Crippen molar-refractivity contribution in [3.8, 4) is 0 Å². The molecule has 3 N–H and O–H groups in total. The van der Waals surface area contributed by atoms with E-state index in [1.54, 1.807) is 0 Å². The quantitative estimate of drug-likeness (QED) is 0.836. The van der Waals surface area contributed by atoms with Crippen LogP contribution in [0.4, 0.5) is 4.39 Å². The number of nitrogens with one attached hydrogen (secondary N) is 1. The lowest BCUT2D eigenvalue weighted by Crippen LogP contribution is -2.48. The third-order valence-electron chi connectivity index (χ3n) is 2.55. The number of nitrogens with zero attached hydrogens (tertiary/aromatic N) is 1. The van der Waals surface area contributed by atoms with Crippen molar-refractivity contribution in [3.63, 3.8) is 0 Å². The molecule has 0 aliphatic heterocycles. The molecule has 1 rings (SSSR count). The van der Waals surface area contributed by atoms with Gasteiger partial charge in [-0.2, -0.15) is 0 Å². The Morgan fingerprint density at radius 1 is 1.53 bits per heavy atom. The Balaban J connectivity index is 2.78. The summed E-state index contributed by atoms with van der Waals surface area (Å²) in [4.78, 5) is 15.5. The Morgan fingerprint density at radius 3 is 2.65 bits per heavy atom. The zero-order valence-corrected chi connectivity index (χ0v) is 10.3. The molecule has 17 heavy (non-hydrogen) atoms. The van der Waals surface area contributed by atoms with Crippen molar-refractivity contribution < 1.29 is 9.18 Å². The van der Waals surface area contributed by atoms with Gasteiger partial charge in [-0.05, 0) is 11.5 Å². The minimum Gasteiger partial charge on any atom is -0.347 e.